The summed E-state index contributed by atoms with van der Waals surface area (Å²) in [6.07, 6.45) is -1.07. The monoisotopic (exact) mass is 427 g/mol. The van der Waals surface area contributed by atoms with Crippen LogP contribution in [-0.4, -0.2) is 71.5 Å². The highest BCUT2D eigenvalue weighted by Crippen LogP contribution is 2.20. The van der Waals surface area contributed by atoms with Gasteiger partial charge in [0.1, 0.15) is 18.7 Å². The summed E-state index contributed by atoms with van der Waals surface area (Å²) in [5.41, 5.74) is -0.961. The maximum absolute atomic E-state index is 12.4. The van der Waals surface area contributed by atoms with Crippen LogP contribution >= 0.6 is 0 Å². The molecule has 2 aromatic heterocycles. The van der Waals surface area contributed by atoms with E-state index in [9.17, 15) is 34.8 Å². The third kappa shape index (κ3) is 5.73. The number of carbonyl (C=O) groups excluding carboxylic acids is 3. The van der Waals surface area contributed by atoms with Crippen LogP contribution in [-0.2, 0) is 14.3 Å². The standard InChI is InChI=1S/C17H21N3O10/c1-17(2,3)28-16(27)18(8-14(25)29-19-10(21)4-5-11(19)22)9-15(26)30-20-12(23)6-7-13(20)24/h4-7,21-24H,8-9H2,1-3H3. The van der Waals surface area contributed by atoms with Crippen LogP contribution < -0.4 is 9.68 Å². The molecular weight excluding hydrogens is 406 g/mol. The predicted octanol–water partition coefficient (Wildman–Crippen LogP) is -0.0403. The van der Waals surface area contributed by atoms with E-state index in [1.807, 2.05) is 0 Å². The van der Waals surface area contributed by atoms with Gasteiger partial charge in [-0.3, -0.25) is 4.90 Å². The van der Waals surface area contributed by atoms with Crippen LogP contribution in [0, 0.1) is 0 Å². The van der Waals surface area contributed by atoms with E-state index in [2.05, 4.69) is 0 Å². The smallest absolute Gasteiger partial charge is 0.411 e. The number of hydrogen-bond donors (Lipinski definition) is 4. The second-order valence-corrected chi connectivity index (χ2v) is 6.95. The summed E-state index contributed by atoms with van der Waals surface area (Å²) >= 11 is 0. The van der Waals surface area contributed by atoms with Gasteiger partial charge >= 0.3 is 18.0 Å². The fraction of sp³-hybridized carbons (Fsp3) is 0.353. The van der Waals surface area contributed by atoms with E-state index >= 15 is 0 Å². The van der Waals surface area contributed by atoms with E-state index in [-0.39, 0.29) is 0 Å². The number of aromatic nitrogens is 2. The third-order valence-corrected chi connectivity index (χ3v) is 3.27. The summed E-state index contributed by atoms with van der Waals surface area (Å²) in [6.45, 7) is 3.03. The Morgan fingerprint density at radius 3 is 1.43 bits per heavy atom. The van der Waals surface area contributed by atoms with E-state index < -0.39 is 60.2 Å². The SMILES string of the molecule is CC(C)(C)OC(=O)N(CC(=O)On1c(O)ccc1O)CC(=O)On1c(O)ccc1O. The first-order valence-corrected chi connectivity index (χ1v) is 8.47. The normalized spacial score (nSPS) is 11.0. The van der Waals surface area contributed by atoms with Gasteiger partial charge in [0.25, 0.3) is 0 Å². The molecule has 2 aromatic rings. The van der Waals surface area contributed by atoms with E-state index in [0.29, 0.717) is 14.4 Å². The minimum atomic E-state index is -1.14. The Bertz CT molecular complexity index is 839. The summed E-state index contributed by atoms with van der Waals surface area (Å²) in [4.78, 5) is 46.8. The number of aromatic hydroxyl groups is 4. The molecule has 0 aliphatic rings. The molecule has 0 saturated carbocycles. The molecule has 0 aromatic carbocycles. The molecule has 0 aliphatic carbocycles. The molecule has 0 spiro atoms. The largest absolute Gasteiger partial charge is 0.492 e. The highest BCUT2D eigenvalue weighted by atomic mass is 16.7. The molecular formula is C17H21N3O10. The highest BCUT2D eigenvalue weighted by molar-refractivity contribution is 5.83. The molecule has 0 radical (unpaired) electrons. The fourth-order valence-electron chi connectivity index (χ4n) is 2.08. The van der Waals surface area contributed by atoms with Gasteiger partial charge in [0.2, 0.25) is 23.5 Å². The molecule has 0 atom stereocenters. The van der Waals surface area contributed by atoms with Gasteiger partial charge in [-0.2, -0.15) is 0 Å². The number of carbonyl (C=O) groups is 3. The van der Waals surface area contributed by atoms with Crippen LogP contribution in [0.25, 0.3) is 0 Å². The quantitative estimate of drug-likeness (QED) is 0.490. The third-order valence-electron chi connectivity index (χ3n) is 3.27. The number of amides is 1. The molecule has 2 heterocycles. The van der Waals surface area contributed by atoms with Gasteiger partial charge in [0.15, 0.2) is 0 Å². The van der Waals surface area contributed by atoms with Crippen molar-refractivity contribution in [3.63, 3.8) is 0 Å². The Balaban J connectivity index is 2.12. The Morgan fingerprint density at radius 1 is 0.800 bits per heavy atom. The first-order valence-electron chi connectivity index (χ1n) is 8.47. The van der Waals surface area contributed by atoms with Gasteiger partial charge < -0.3 is 34.8 Å². The number of ether oxygens (including phenoxy) is 1. The van der Waals surface area contributed by atoms with E-state index in [1.54, 1.807) is 20.8 Å². The first kappa shape index (κ1) is 22.3. The molecule has 0 unspecified atom stereocenters. The molecule has 164 valence electrons. The van der Waals surface area contributed by atoms with Gasteiger partial charge in [-0.25, -0.2) is 14.4 Å². The number of hydrogen-bond acceptors (Lipinski definition) is 10. The van der Waals surface area contributed by atoms with Crippen molar-refractivity contribution in [1.29, 1.82) is 0 Å². The van der Waals surface area contributed by atoms with E-state index in [0.717, 1.165) is 24.3 Å². The minimum absolute atomic E-state index is 0.407. The maximum atomic E-state index is 12.4. The van der Waals surface area contributed by atoms with Gasteiger partial charge in [0.05, 0.1) is 0 Å². The van der Waals surface area contributed by atoms with Crippen LogP contribution in [0.3, 0.4) is 0 Å². The lowest BCUT2D eigenvalue weighted by Crippen LogP contribution is -2.45. The van der Waals surface area contributed by atoms with Crippen molar-refractivity contribution in [3.05, 3.63) is 24.3 Å². The maximum Gasteiger partial charge on any atom is 0.411 e. The summed E-state index contributed by atoms with van der Waals surface area (Å²) in [5, 5.41) is 38.1. The Labute approximate surface area is 169 Å². The average Bonchev–Trinajstić information content (AvgIpc) is 3.10. The number of rotatable bonds is 6. The predicted molar refractivity (Wildman–Crippen MR) is 96.5 cm³/mol. The average molecular weight is 427 g/mol. The van der Waals surface area contributed by atoms with Crippen molar-refractivity contribution in [2.24, 2.45) is 0 Å². The Hall–Kier alpha value is -4.03. The van der Waals surface area contributed by atoms with Crippen LogP contribution in [0.1, 0.15) is 20.8 Å². The van der Waals surface area contributed by atoms with E-state index in [4.69, 9.17) is 14.4 Å². The summed E-state index contributed by atoms with van der Waals surface area (Å²) in [5.74, 6) is -4.60. The van der Waals surface area contributed by atoms with Crippen molar-refractivity contribution >= 4 is 18.0 Å². The number of nitrogens with zero attached hydrogens (tertiary/aromatic N) is 3. The summed E-state index contributed by atoms with van der Waals surface area (Å²) in [6, 6.07) is 4.23. The first-order chi connectivity index (χ1) is 13.9. The molecule has 2 rings (SSSR count). The van der Waals surface area contributed by atoms with Crippen molar-refractivity contribution in [3.8, 4) is 23.5 Å². The molecule has 0 saturated heterocycles. The zero-order valence-corrected chi connectivity index (χ0v) is 16.3. The van der Waals surface area contributed by atoms with Crippen LogP contribution in [0.2, 0.25) is 0 Å². The van der Waals surface area contributed by atoms with Crippen molar-refractivity contribution in [1.82, 2.24) is 14.4 Å². The molecule has 1 amide bonds. The van der Waals surface area contributed by atoms with Gasteiger partial charge in [0, 0.05) is 24.3 Å². The summed E-state index contributed by atoms with van der Waals surface area (Å²) in [7, 11) is 0. The molecule has 13 nitrogen and oxygen atoms in total. The minimum Gasteiger partial charge on any atom is -0.492 e. The van der Waals surface area contributed by atoms with Gasteiger partial charge in [-0.1, -0.05) is 0 Å². The molecule has 0 aliphatic heterocycles. The van der Waals surface area contributed by atoms with Crippen LogP contribution in [0.4, 0.5) is 4.79 Å². The fourth-order valence-corrected chi connectivity index (χ4v) is 2.08. The van der Waals surface area contributed by atoms with Crippen LogP contribution in [0.15, 0.2) is 24.3 Å². The zero-order valence-electron chi connectivity index (χ0n) is 16.3. The lowest BCUT2D eigenvalue weighted by molar-refractivity contribution is -0.150. The lowest BCUT2D eigenvalue weighted by atomic mass is 10.2. The molecule has 4 N–H and O–H groups in total. The highest BCUT2D eigenvalue weighted by Gasteiger charge is 2.28. The summed E-state index contributed by atoms with van der Waals surface area (Å²) < 4.78 is 5.94. The zero-order chi connectivity index (χ0) is 22.6. The van der Waals surface area contributed by atoms with Gasteiger partial charge in [-0.15, -0.1) is 9.46 Å². The molecule has 0 bridgehead atoms. The van der Waals surface area contributed by atoms with Crippen molar-refractivity contribution in [2.75, 3.05) is 13.1 Å². The van der Waals surface area contributed by atoms with Crippen LogP contribution in [0.5, 0.6) is 23.5 Å². The lowest BCUT2D eigenvalue weighted by Gasteiger charge is -2.26. The second kappa shape index (κ2) is 8.55. The van der Waals surface area contributed by atoms with E-state index in [1.165, 1.54) is 0 Å². The van der Waals surface area contributed by atoms with Crippen molar-refractivity contribution in [2.45, 2.75) is 26.4 Å². The molecule has 13 heteroatoms. The van der Waals surface area contributed by atoms with Crippen molar-refractivity contribution < 1.29 is 49.2 Å². The second-order valence-electron chi connectivity index (χ2n) is 6.95. The molecule has 0 fully saturated rings. The topological polar surface area (TPSA) is 173 Å². The Morgan fingerprint density at radius 2 is 1.13 bits per heavy atom. The Kier molecular flexibility index (Phi) is 6.34. The van der Waals surface area contributed by atoms with Gasteiger partial charge in [-0.05, 0) is 20.8 Å². The molecule has 30 heavy (non-hydrogen) atoms.